The standard InChI is InChI=1S/C15H23NO/c1-3-17-15-9-5-8-14(11-15)16-13-7-4-6-12(2)10-13/h5,8-9,11-13,16H,3-4,6-7,10H2,1-2H3. The molecule has 0 heterocycles. The molecule has 1 aliphatic rings. The second-order valence-corrected chi connectivity index (χ2v) is 5.07. The molecule has 1 fully saturated rings. The quantitative estimate of drug-likeness (QED) is 0.846. The number of hydrogen-bond acceptors (Lipinski definition) is 2. The highest BCUT2D eigenvalue weighted by Gasteiger charge is 2.18. The second-order valence-electron chi connectivity index (χ2n) is 5.07. The lowest BCUT2D eigenvalue weighted by Gasteiger charge is -2.28. The van der Waals surface area contributed by atoms with Gasteiger partial charge in [0.05, 0.1) is 6.61 Å². The zero-order valence-electron chi connectivity index (χ0n) is 10.9. The summed E-state index contributed by atoms with van der Waals surface area (Å²) in [5.41, 5.74) is 1.19. The molecule has 0 amide bonds. The average molecular weight is 233 g/mol. The van der Waals surface area contributed by atoms with Gasteiger partial charge in [0.2, 0.25) is 0 Å². The van der Waals surface area contributed by atoms with Gasteiger partial charge in [0, 0.05) is 17.8 Å². The van der Waals surface area contributed by atoms with Crippen LogP contribution in [0.25, 0.3) is 0 Å². The molecule has 1 aromatic rings. The van der Waals surface area contributed by atoms with E-state index in [9.17, 15) is 0 Å². The fourth-order valence-electron chi connectivity index (χ4n) is 2.64. The molecule has 2 unspecified atom stereocenters. The third kappa shape index (κ3) is 3.65. The van der Waals surface area contributed by atoms with E-state index in [1.54, 1.807) is 0 Å². The summed E-state index contributed by atoms with van der Waals surface area (Å²) in [6, 6.07) is 8.93. The Morgan fingerprint density at radius 1 is 1.35 bits per heavy atom. The fraction of sp³-hybridized carbons (Fsp3) is 0.600. The van der Waals surface area contributed by atoms with E-state index in [1.807, 2.05) is 13.0 Å². The maximum atomic E-state index is 5.52. The van der Waals surface area contributed by atoms with Gasteiger partial charge in [0.1, 0.15) is 5.75 Å². The summed E-state index contributed by atoms with van der Waals surface area (Å²) in [5, 5.41) is 3.63. The van der Waals surface area contributed by atoms with Gasteiger partial charge in [0.15, 0.2) is 0 Å². The molecule has 17 heavy (non-hydrogen) atoms. The average Bonchev–Trinajstić information content (AvgIpc) is 2.30. The first-order valence-corrected chi connectivity index (χ1v) is 6.77. The van der Waals surface area contributed by atoms with Crippen molar-refractivity contribution < 1.29 is 4.74 Å². The summed E-state index contributed by atoms with van der Waals surface area (Å²) in [6.07, 6.45) is 5.32. The van der Waals surface area contributed by atoms with Crippen molar-refractivity contribution in [3.8, 4) is 5.75 Å². The molecule has 1 saturated carbocycles. The maximum Gasteiger partial charge on any atom is 0.121 e. The van der Waals surface area contributed by atoms with Gasteiger partial charge in [-0.25, -0.2) is 0 Å². The SMILES string of the molecule is CCOc1cccc(NC2CCCC(C)C2)c1. The minimum atomic E-state index is 0.635. The molecule has 1 aliphatic carbocycles. The van der Waals surface area contributed by atoms with Crippen LogP contribution in [0, 0.1) is 5.92 Å². The van der Waals surface area contributed by atoms with E-state index in [-0.39, 0.29) is 0 Å². The number of hydrogen-bond donors (Lipinski definition) is 1. The number of anilines is 1. The topological polar surface area (TPSA) is 21.3 Å². The minimum absolute atomic E-state index is 0.635. The minimum Gasteiger partial charge on any atom is -0.494 e. The van der Waals surface area contributed by atoms with Crippen molar-refractivity contribution in [2.75, 3.05) is 11.9 Å². The molecule has 0 radical (unpaired) electrons. The van der Waals surface area contributed by atoms with Crippen LogP contribution in [0.3, 0.4) is 0 Å². The molecule has 2 nitrogen and oxygen atoms in total. The van der Waals surface area contributed by atoms with Crippen molar-refractivity contribution in [3.63, 3.8) is 0 Å². The molecule has 0 aliphatic heterocycles. The van der Waals surface area contributed by atoms with Gasteiger partial charge in [-0.2, -0.15) is 0 Å². The fourth-order valence-corrected chi connectivity index (χ4v) is 2.64. The third-order valence-corrected chi connectivity index (χ3v) is 3.45. The summed E-state index contributed by atoms with van der Waals surface area (Å²) in [6.45, 7) is 5.09. The summed E-state index contributed by atoms with van der Waals surface area (Å²) < 4.78 is 5.52. The Morgan fingerprint density at radius 2 is 2.24 bits per heavy atom. The van der Waals surface area contributed by atoms with Crippen molar-refractivity contribution in [2.45, 2.75) is 45.6 Å². The molecule has 2 rings (SSSR count). The summed E-state index contributed by atoms with van der Waals surface area (Å²) in [5.74, 6) is 1.82. The van der Waals surface area contributed by atoms with Gasteiger partial charge < -0.3 is 10.1 Å². The van der Waals surface area contributed by atoms with Crippen molar-refractivity contribution in [1.29, 1.82) is 0 Å². The Kier molecular flexibility index (Phi) is 4.29. The number of nitrogens with one attached hydrogen (secondary N) is 1. The highest BCUT2D eigenvalue weighted by Crippen LogP contribution is 2.27. The van der Waals surface area contributed by atoms with Gasteiger partial charge in [-0.15, -0.1) is 0 Å². The van der Waals surface area contributed by atoms with Gasteiger partial charge >= 0.3 is 0 Å². The molecule has 94 valence electrons. The molecule has 2 atom stereocenters. The monoisotopic (exact) mass is 233 g/mol. The normalized spacial score (nSPS) is 24.4. The Hall–Kier alpha value is -1.18. The Balaban J connectivity index is 1.95. The Bertz CT molecular complexity index is 351. The number of ether oxygens (including phenoxy) is 1. The van der Waals surface area contributed by atoms with E-state index in [0.29, 0.717) is 6.04 Å². The molecule has 0 saturated heterocycles. The number of rotatable bonds is 4. The molecule has 2 heteroatoms. The summed E-state index contributed by atoms with van der Waals surface area (Å²) >= 11 is 0. The van der Waals surface area contributed by atoms with Crippen LogP contribution in [0.1, 0.15) is 39.5 Å². The van der Waals surface area contributed by atoms with Crippen molar-refractivity contribution >= 4 is 5.69 Å². The summed E-state index contributed by atoms with van der Waals surface area (Å²) in [4.78, 5) is 0. The first kappa shape index (κ1) is 12.3. The highest BCUT2D eigenvalue weighted by molar-refractivity contribution is 5.48. The van der Waals surface area contributed by atoms with E-state index in [1.165, 1.54) is 31.4 Å². The van der Waals surface area contributed by atoms with Crippen molar-refractivity contribution in [2.24, 2.45) is 5.92 Å². The first-order valence-electron chi connectivity index (χ1n) is 6.77. The van der Waals surface area contributed by atoms with Gasteiger partial charge in [-0.05, 0) is 37.8 Å². The second kappa shape index (κ2) is 5.95. The summed E-state index contributed by atoms with van der Waals surface area (Å²) in [7, 11) is 0. The van der Waals surface area contributed by atoms with Gasteiger partial charge in [-0.1, -0.05) is 25.8 Å². The van der Waals surface area contributed by atoms with Crippen LogP contribution in [0.2, 0.25) is 0 Å². The molecular weight excluding hydrogens is 210 g/mol. The van der Waals surface area contributed by atoms with Crippen LogP contribution in [-0.2, 0) is 0 Å². The molecule has 1 aromatic carbocycles. The van der Waals surface area contributed by atoms with E-state index in [0.717, 1.165) is 18.3 Å². The van der Waals surface area contributed by atoms with Crippen LogP contribution < -0.4 is 10.1 Å². The molecule has 0 bridgehead atoms. The van der Waals surface area contributed by atoms with Gasteiger partial charge in [-0.3, -0.25) is 0 Å². The lowest BCUT2D eigenvalue weighted by Crippen LogP contribution is -2.26. The predicted octanol–water partition coefficient (Wildman–Crippen LogP) is 4.08. The molecule has 0 spiro atoms. The molecular formula is C15H23NO. The van der Waals surface area contributed by atoms with Crippen LogP contribution in [0.5, 0.6) is 5.75 Å². The zero-order valence-corrected chi connectivity index (χ0v) is 10.9. The van der Waals surface area contributed by atoms with E-state index in [2.05, 4.69) is 30.4 Å². The Morgan fingerprint density at radius 3 is 3.00 bits per heavy atom. The first-order chi connectivity index (χ1) is 8.28. The van der Waals surface area contributed by atoms with Crippen LogP contribution >= 0.6 is 0 Å². The van der Waals surface area contributed by atoms with E-state index in [4.69, 9.17) is 4.74 Å². The van der Waals surface area contributed by atoms with Crippen LogP contribution in [-0.4, -0.2) is 12.6 Å². The maximum absolute atomic E-state index is 5.52. The van der Waals surface area contributed by atoms with Crippen LogP contribution in [0.15, 0.2) is 24.3 Å². The lowest BCUT2D eigenvalue weighted by molar-refractivity contribution is 0.340. The molecule has 0 aromatic heterocycles. The lowest BCUT2D eigenvalue weighted by atomic mass is 9.87. The highest BCUT2D eigenvalue weighted by atomic mass is 16.5. The zero-order chi connectivity index (χ0) is 12.1. The van der Waals surface area contributed by atoms with Gasteiger partial charge in [0.25, 0.3) is 0 Å². The van der Waals surface area contributed by atoms with E-state index < -0.39 is 0 Å². The van der Waals surface area contributed by atoms with E-state index >= 15 is 0 Å². The smallest absolute Gasteiger partial charge is 0.121 e. The number of benzene rings is 1. The third-order valence-electron chi connectivity index (χ3n) is 3.45. The predicted molar refractivity (Wildman–Crippen MR) is 72.7 cm³/mol. The van der Waals surface area contributed by atoms with Crippen molar-refractivity contribution in [3.05, 3.63) is 24.3 Å². The largest absolute Gasteiger partial charge is 0.494 e. The van der Waals surface area contributed by atoms with Crippen molar-refractivity contribution in [1.82, 2.24) is 0 Å². The Labute approximate surface area is 104 Å². The van der Waals surface area contributed by atoms with Crippen LogP contribution in [0.4, 0.5) is 5.69 Å². The molecule has 1 N–H and O–H groups in total.